The summed E-state index contributed by atoms with van der Waals surface area (Å²) < 4.78 is 56.1. The van der Waals surface area contributed by atoms with E-state index in [0.717, 1.165) is 13.1 Å². The number of likely N-dealkylation sites (tertiary alicyclic amines) is 1. The molecule has 1 aromatic rings. The van der Waals surface area contributed by atoms with Crippen molar-refractivity contribution in [3.8, 4) is 0 Å². The monoisotopic (exact) mass is 436 g/mol. The number of carbonyl (C=O) groups is 2. The van der Waals surface area contributed by atoms with Gasteiger partial charge in [0.25, 0.3) is 0 Å². The number of benzene rings is 1. The highest BCUT2D eigenvalue weighted by Crippen LogP contribution is 2.41. The zero-order valence-electron chi connectivity index (χ0n) is 16.4. The van der Waals surface area contributed by atoms with E-state index in [-0.39, 0.29) is 23.7 Å². The molecular weight excluding hydrogens is 412 g/mol. The van der Waals surface area contributed by atoms with Crippen LogP contribution in [-0.4, -0.2) is 74.6 Å². The van der Waals surface area contributed by atoms with Gasteiger partial charge < -0.3 is 19.9 Å². The fraction of sp³-hybridized carbons (Fsp3) is 0.579. The molecule has 2 fully saturated rings. The number of alkyl halides is 3. The lowest BCUT2D eigenvalue weighted by atomic mass is 9.81. The summed E-state index contributed by atoms with van der Waals surface area (Å²) in [5.74, 6) is -2.66. The van der Waals surface area contributed by atoms with Crippen LogP contribution in [0, 0.1) is 17.2 Å². The molecule has 168 valence electrons. The first kappa shape index (κ1) is 24.0. The molecule has 2 N–H and O–H groups in total. The van der Waals surface area contributed by atoms with Crippen LogP contribution in [-0.2, 0) is 25.6 Å². The Balaban J connectivity index is 0.000000396. The molecule has 0 spiro atoms. The van der Waals surface area contributed by atoms with Crippen LogP contribution in [0.1, 0.15) is 5.56 Å². The zero-order chi connectivity index (χ0) is 22.4. The molecule has 3 rings (SSSR count). The molecule has 7 nitrogen and oxygen atoms in total. The van der Waals surface area contributed by atoms with Crippen LogP contribution in [0.25, 0.3) is 0 Å². The summed E-state index contributed by atoms with van der Waals surface area (Å²) >= 11 is 0. The van der Waals surface area contributed by atoms with Crippen molar-refractivity contribution in [2.24, 2.45) is 11.3 Å². The standard InChI is InChI=1S/C17H23FN2O3.C2HF3O2/c1-22-9-16(21)19-10-17-11-20(7-14(17)8-23-12-17)6-13-4-2-3-5-15(13)18;3-2(4,5)1(6)7/h2-5,14H,6-12H2,1H3,(H,19,21);(H,6,7)/t14-,17+;/m1./s1. The number of amides is 1. The number of ether oxygens (including phenoxy) is 2. The summed E-state index contributed by atoms with van der Waals surface area (Å²) in [6.07, 6.45) is -5.08. The Morgan fingerprint density at radius 2 is 2.03 bits per heavy atom. The molecule has 0 saturated carbocycles. The number of methoxy groups -OCH3 is 1. The second-order valence-electron chi connectivity index (χ2n) is 7.35. The third kappa shape index (κ3) is 6.38. The van der Waals surface area contributed by atoms with Crippen molar-refractivity contribution >= 4 is 11.9 Å². The maximum atomic E-state index is 13.8. The van der Waals surface area contributed by atoms with Crippen LogP contribution < -0.4 is 5.32 Å². The van der Waals surface area contributed by atoms with Crippen molar-refractivity contribution < 1.29 is 41.7 Å². The molecule has 2 saturated heterocycles. The van der Waals surface area contributed by atoms with Crippen LogP contribution in [0.5, 0.6) is 0 Å². The fourth-order valence-corrected chi connectivity index (χ4v) is 3.64. The smallest absolute Gasteiger partial charge is 0.475 e. The number of carboxylic acid groups (broad SMARTS) is 1. The number of aliphatic carboxylic acids is 1. The highest BCUT2D eigenvalue weighted by molar-refractivity contribution is 5.77. The number of nitrogens with one attached hydrogen (secondary N) is 1. The zero-order valence-corrected chi connectivity index (χ0v) is 16.4. The van der Waals surface area contributed by atoms with Gasteiger partial charge in [-0.1, -0.05) is 18.2 Å². The Morgan fingerprint density at radius 3 is 2.63 bits per heavy atom. The van der Waals surface area contributed by atoms with Gasteiger partial charge in [-0.05, 0) is 6.07 Å². The molecule has 1 amide bonds. The van der Waals surface area contributed by atoms with Gasteiger partial charge in [0.15, 0.2) is 0 Å². The third-order valence-electron chi connectivity index (χ3n) is 5.10. The van der Waals surface area contributed by atoms with Crippen molar-refractivity contribution in [2.75, 3.05) is 46.6 Å². The number of hydrogen-bond acceptors (Lipinski definition) is 5. The number of fused-ring (bicyclic) bond motifs is 1. The summed E-state index contributed by atoms with van der Waals surface area (Å²) in [5, 5.41) is 10.1. The molecule has 0 radical (unpaired) electrons. The van der Waals surface area contributed by atoms with Gasteiger partial charge in [0, 0.05) is 50.2 Å². The van der Waals surface area contributed by atoms with Crippen LogP contribution in [0.3, 0.4) is 0 Å². The first-order valence-electron chi connectivity index (χ1n) is 9.16. The maximum absolute atomic E-state index is 13.8. The molecule has 1 aromatic carbocycles. The van der Waals surface area contributed by atoms with Crippen molar-refractivity contribution in [3.05, 3.63) is 35.6 Å². The van der Waals surface area contributed by atoms with E-state index in [4.69, 9.17) is 19.4 Å². The second-order valence-corrected chi connectivity index (χ2v) is 7.35. The molecule has 0 bridgehead atoms. The molecule has 30 heavy (non-hydrogen) atoms. The topological polar surface area (TPSA) is 88.1 Å². The Morgan fingerprint density at radius 1 is 1.37 bits per heavy atom. The number of carboxylic acids is 1. The van der Waals surface area contributed by atoms with E-state index in [9.17, 15) is 22.4 Å². The molecule has 2 atom stereocenters. The maximum Gasteiger partial charge on any atom is 0.490 e. The van der Waals surface area contributed by atoms with Gasteiger partial charge in [-0.3, -0.25) is 9.69 Å². The quantitative estimate of drug-likeness (QED) is 0.660. The van der Waals surface area contributed by atoms with Gasteiger partial charge in [-0.25, -0.2) is 9.18 Å². The summed E-state index contributed by atoms with van der Waals surface area (Å²) in [7, 11) is 1.51. The minimum absolute atomic E-state index is 0.0700. The van der Waals surface area contributed by atoms with Gasteiger partial charge in [0.2, 0.25) is 5.91 Å². The summed E-state index contributed by atoms with van der Waals surface area (Å²) in [4.78, 5) is 22.8. The number of rotatable bonds is 6. The van der Waals surface area contributed by atoms with E-state index in [1.807, 2.05) is 12.1 Å². The van der Waals surface area contributed by atoms with E-state index >= 15 is 0 Å². The van der Waals surface area contributed by atoms with Gasteiger partial charge in [0.05, 0.1) is 13.2 Å². The average molecular weight is 436 g/mol. The van der Waals surface area contributed by atoms with E-state index in [1.54, 1.807) is 6.07 Å². The van der Waals surface area contributed by atoms with Crippen LogP contribution >= 0.6 is 0 Å². The molecule has 2 aliphatic heterocycles. The first-order chi connectivity index (χ1) is 14.1. The number of carbonyl (C=O) groups excluding carboxylic acids is 1. The largest absolute Gasteiger partial charge is 0.490 e. The van der Waals surface area contributed by atoms with E-state index in [2.05, 4.69) is 10.2 Å². The Kier molecular flexibility index (Phi) is 8.16. The normalized spacial score (nSPS) is 23.4. The lowest BCUT2D eigenvalue weighted by molar-refractivity contribution is -0.192. The lowest BCUT2D eigenvalue weighted by Gasteiger charge is -2.27. The number of hydrogen-bond donors (Lipinski definition) is 2. The average Bonchev–Trinajstić information content (AvgIpc) is 3.19. The first-order valence-corrected chi connectivity index (χ1v) is 9.16. The summed E-state index contributed by atoms with van der Waals surface area (Å²) in [6.45, 7) is 4.26. The molecule has 11 heteroatoms. The molecule has 0 aliphatic carbocycles. The summed E-state index contributed by atoms with van der Waals surface area (Å²) in [6, 6.07) is 6.89. The van der Waals surface area contributed by atoms with Crippen LogP contribution in [0.4, 0.5) is 17.6 Å². The van der Waals surface area contributed by atoms with Crippen molar-refractivity contribution in [2.45, 2.75) is 12.7 Å². The van der Waals surface area contributed by atoms with E-state index in [1.165, 1.54) is 13.2 Å². The summed E-state index contributed by atoms with van der Waals surface area (Å²) in [5.41, 5.74) is 0.640. The third-order valence-corrected chi connectivity index (χ3v) is 5.10. The van der Waals surface area contributed by atoms with E-state index < -0.39 is 12.1 Å². The molecule has 0 aromatic heterocycles. The predicted octanol–water partition coefficient (Wildman–Crippen LogP) is 1.67. The van der Waals surface area contributed by atoms with E-state index in [0.29, 0.717) is 37.8 Å². The van der Waals surface area contributed by atoms with Gasteiger partial charge >= 0.3 is 12.1 Å². The lowest BCUT2D eigenvalue weighted by Crippen LogP contribution is -2.44. The number of halogens is 4. The Labute approximate surface area is 170 Å². The minimum atomic E-state index is -5.08. The SMILES string of the molecule is COCC(=O)NC[C@]12COC[C@H]1CN(Cc1ccccc1F)C2.O=C(O)C(F)(F)F. The number of nitrogens with zero attached hydrogens (tertiary/aromatic N) is 1. The molecule has 0 unspecified atom stereocenters. The fourth-order valence-electron chi connectivity index (χ4n) is 3.64. The van der Waals surface area contributed by atoms with Crippen molar-refractivity contribution in [3.63, 3.8) is 0 Å². The van der Waals surface area contributed by atoms with Crippen LogP contribution in [0.2, 0.25) is 0 Å². The van der Waals surface area contributed by atoms with Gasteiger partial charge in [0.1, 0.15) is 12.4 Å². The molecular formula is C19H24F4N2O5. The minimum Gasteiger partial charge on any atom is -0.475 e. The molecule has 2 aliphatic rings. The molecule has 2 heterocycles. The second kappa shape index (κ2) is 10.2. The van der Waals surface area contributed by atoms with Gasteiger partial charge in [-0.2, -0.15) is 13.2 Å². The van der Waals surface area contributed by atoms with Gasteiger partial charge in [-0.15, -0.1) is 0 Å². The van der Waals surface area contributed by atoms with Crippen molar-refractivity contribution in [1.29, 1.82) is 0 Å². The highest BCUT2D eigenvalue weighted by atomic mass is 19.4. The highest BCUT2D eigenvalue weighted by Gasteiger charge is 2.50. The predicted molar refractivity (Wildman–Crippen MR) is 97.0 cm³/mol. The Bertz CT molecular complexity index is 746. The van der Waals surface area contributed by atoms with Crippen LogP contribution in [0.15, 0.2) is 24.3 Å². The Hall–Kier alpha value is -2.24. The van der Waals surface area contributed by atoms with Crippen molar-refractivity contribution in [1.82, 2.24) is 10.2 Å².